The summed E-state index contributed by atoms with van der Waals surface area (Å²) in [4.78, 5) is 0. The van der Waals surface area contributed by atoms with Gasteiger partial charge in [-0.15, -0.1) is 0 Å². The van der Waals surface area contributed by atoms with Crippen LogP contribution in [0, 0.1) is 17.8 Å². The van der Waals surface area contributed by atoms with Crippen molar-refractivity contribution in [3.05, 3.63) is 0 Å². The molecular formula is C15H31N. The van der Waals surface area contributed by atoms with E-state index in [0.29, 0.717) is 0 Å². The Morgan fingerprint density at radius 1 is 1.06 bits per heavy atom. The Balaban J connectivity index is 2.40. The molecule has 1 rings (SSSR count). The molecule has 1 atom stereocenters. The SMILES string of the molecule is CCCNCC(C(C)C)C1CCCCCC1. The van der Waals surface area contributed by atoms with Crippen molar-refractivity contribution in [1.29, 1.82) is 0 Å². The maximum Gasteiger partial charge on any atom is -0.00154 e. The first kappa shape index (κ1) is 14.0. The van der Waals surface area contributed by atoms with E-state index in [2.05, 4.69) is 26.1 Å². The van der Waals surface area contributed by atoms with Gasteiger partial charge in [0.2, 0.25) is 0 Å². The number of rotatable bonds is 6. The highest BCUT2D eigenvalue weighted by Gasteiger charge is 2.24. The minimum Gasteiger partial charge on any atom is -0.316 e. The molecule has 0 aliphatic heterocycles. The van der Waals surface area contributed by atoms with Gasteiger partial charge in [-0.1, -0.05) is 59.3 Å². The van der Waals surface area contributed by atoms with E-state index in [1.807, 2.05) is 0 Å². The molecule has 1 heteroatoms. The molecule has 0 bridgehead atoms. The topological polar surface area (TPSA) is 12.0 Å². The standard InChI is InChI=1S/C15H31N/c1-4-11-16-12-15(13(2)3)14-9-7-5-6-8-10-14/h13-16H,4-12H2,1-3H3. The van der Waals surface area contributed by atoms with Gasteiger partial charge in [-0.3, -0.25) is 0 Å². The smallest absolute Gasteiger partial charge is 0.00154 e. The summed E-state index contributed by atoms with van der Waals surface area (Å²) in [5, 5.41) is 3.63. The zero-order valence-electron chi connectivity index (χ0n) is 11.6. The van der Waals surface area contributed by atoms with E-state index in [9.17, 15) is 0 Å². The molecule has 1 aliphatic carbocycles. The van der Waals surface area contributed by atoms with E-state index in [1.165, 1.54) is 58.0 Å². The molecule has 1 nitrogen and oxygen atoms in total. The van der Waals surface area contributed by atoms with Crippen molar-refractivity contribution in [3.63, 3.8) is 0 Å². The second-order valence-electron chi connectivity index (χ2n) is 5.86. The van der Waals surface area contributed by atoms with Crippen LogP contribution in [0.25, 0.3) is 0 Å². The molecule has 16 heavy (non-hydrogen) atoms. The molecule has 1 saturated carbocycles. The van der Waals surface area contributed by atoms with Gasteiger partial charge in [-0.2, -0.15) is 0 Å². The van der Waals surface area contributed by atoms with Crippen LogP contribution in [0.2, 0.25) is 0 Å². The summed E-state index contributed by atoms with van der Waals surface area (Å²) in [5.41, 5.74) is 0. The monoisotopic (exact) mass is 225 g/mol. The van der Waals surface area contributed by atoms with Gasteiger partial charge in [0.05, 0.1) is 0 Å². The maximum absolute atomic E-state index is 3.63. The molecule has 1 aliphatic rings. The average molecular weight is 225 g/mol. The van der Waals surface area contributed by atoms with Gasteiger partial charge >= 0.3 is 0 Å². The quantitative estimate of drug-likeness (QED) is 0.527. The first-order valence-electron chi connectivity index (χ1n) is 7.46. The molecule has 96 valence electrons. The molecule has 0 heterocycles. The molecule has 0 radical (unpaired) electrons. The summed E-state index contributed by atoms with van der Waals surface area (Å²) in [6.07, 6.45) is 10.1. The van der Waals surface area contributed by atoms with Crippen LogP contribution in [0.4, 0.5) is 0 Å². The highest BCUT2D eigenvalue weighted by molar-refractivity contribution is 4.77. The van der Waals surface area contributed by atoms with Crippen LogP contribution in [0.3, 0.4) is 0 Å². The van der Waals surface area contributed by atoms with Crippen molar-refractivity contribution in [3.8, 4) is 0 Å². The fraction of sp³-hybridized carbons (Fsp3) is 1.00. The number of hydrogen-bond acceptors (Lipinski definition) is 1. The predicted octanol–water partition coefficient (Wildman–Crippen LogP) is 4.23. The molecular weight excluding hydrogens is 194 g/mol. The summed E-state index contributed by atoms with van der Waals surface area (Å²) in [7, 11) is 0. The molecule has 0 aromatic carbocycles. The number of hydrogen-bond donors (Lipinski definition) is 1. The second kappa shape index (κ2) is 8.11. The van der Waals surface area contributed by atoms with Crippen molar-refractivity contribution in [1.82, 2.24) is 5.32 Å². The second-order valence-corrected chi connectivity index (χ2v) is 5.86. The van der Waals surface area contributed by atoms with Crippen molar-refractivity contribution >= 4 is 0 Å². The predicted molar refractivity (Wildman–Crippen MR) is 72.7 cm³/mol. The Hall–Kier alpha value is -0.0400. The lowest BCUT2D eigenvalue weighted by molar-refractivity contribution is 0.222. The van der Waals surface area contributed by atoms with Crippen molar-refractivity contribution in [2.45, 2.75) is 65.7 Å². The lowest BCUT2D eigenvalue weighted by atomic mass is 9.79. The zero-order valence-corrected chi connectivity index (χ0v) is 11.6. The molecule has 1 unspecified atom stereocenters. The molecule has 0 spiro atoms. The van der Waals surface area contributed by atoms with Gasteiger partial charge in [-0.25, -0.2) is 0 Å². The van der Waals surface area contributed by atoms with Crippen LogP contribution in [-0.2, 0) is 0 Å². The third-order valence-electron chi connectivity index (χ3n) is 4.17. The summed E-state index contributed by atoms with van der Waals surface area (Å²) in [5.74, 6) is 2.74. The van der Waals surface area contributed by atoms with Crippen LogP contribution in [-0.4, -0.2) is 13.1 Å². The van der Waals surface area contributed by atoms with Gasteiger partial charge in [0.25, 0.3) is 0 Å². The van der Waals surface area contributed by atoms with Crippen LogP contribution in [0.1, 0.15) is 65.7 Å². The van der Waals surface area contributed by atoms with Crippen LogP contribution in [0.5, 0.6) is 0 Å². The zero-order chi connectivity index (χ0) is 11.8. The maximum atomic E-state index is 3.63. The van der Waals surface area contributed by atoms with Crippen LogP contribution in [0.15, 0.2) is 0 Å². The first-order valence-corrected chi connectivity index (χ1v) is 7.46. The normalized spacial score (nSPS) is 21.0. The van der Waals surface area contributed by atoms with Gasteiger partial charge in [0.1, 0.15) is 0 Å². The lowest BCUT2D eigenvalue weighted by Crippen LogP contribution is -2.32. The highest BCUT2D eigenvalue weighted by atomic mass is 14.9. The van der Waals surface area contributed by atoms with Gasteiger partial charge in [0, 0.05) is 0 Å². The van der Waals surface area contributed by atoms with Crippen molar-refractivity contribution < 1.29 is 0 Å². The van der Waals surface area contributed by atoms with Gasteiger partial charge in [-0.05, 0) is 37.3 Å². The van der Waals surface area contributed by atoms with Crippen molar-refractivity contribution in [2.75, 3.05) is 13.1 Å². The Labute approximate surface area is 102 Å². The largest absolute Gasteiger partial charge is 0.316 e. The summed E-state index contributed by atoms with van der Waals surface area (Å²) in [6, 6.07) is 0. The van der Waals surface area contributed by atoms with Gasteiger partial charge in [0.15, 0.2) is 0 Å². The minimum absolute atomic E-state index is 0.840. The number of nitrogens with one attached hydrogen (secondary N) is 1. The molecule has 0 aromatic heterocycles. The van der Waals surface area contributed by atoms with Crippen LogP contribution < -0.4 is 5.32 Å². The third-order valence-corrected chi connectivity index (χ3v) is 4.17. The molecule has 0 aromatic rings. The van der Waals surface area contributed by atoms with E-state index in [-0.39, 0.29) is 0 Å². The average Bonchev–Trinajstić information content (AvgIpc) is 2.52. The van der Waals surface area contributed by atoms with Crippen LogP contribution >= 0.6 is 0 Å². The summed E-state index contributed by atoms with van der Waals surface area (Å²) < 4.78 is 0. The van der Waals surface area contributed by atoms with E-state index in [0.717, 1.165) is 17.8 Å². The fourth-order valence-corrected chi connectivity index (χ4v) is 3.13. The first-order chi connectivity index (χ1) is 7.75. The molecule has 0 saturated heterocycles. The van der Waals surface area contributed by atoms with Gasteiger partial charge < -0.3 is 5.32 Å². The summed E-state index contributed by atoms with van der Waals surface area (Å²) in [6.45, 7) is 9.50. The van der Waals surface area contributed by atoms with E-state index >= 15 is 0 Å². The Bertz CT molecular complexity index is 157. The minimum atomic E-state index is 0.840. The fourth-order valence-electron chi connectivity index (χ4n) is 3.13. The Kier molecular flexibility index (Phi) is 7.11. The van der Waals surface area contributed by atoms with E-state index in [4.69, 9.17) is 0 Å². The molecule has 1 N–H and O–H groups in total. The molecule has 0 amide bonds. The van der Waals surface area contributed by atoms with E-state index in [1.54, 1.807) is 0 Å². The highest BCUT2D eigenvalue weighted by Crippen LogP contribution is 2.32. The van der Waals surface area contributed by atoms with E-state index < -0.39 is 0 Å². The Morgan fingerprint density at radius 3 is 2.19 bits per heavy atom. The summed E-state index contributed by atoms with van der Waals surface area (Å²) >= 11 is 0. The molecule has 1 fully saturated rings. The van der Waals surface area contributed by atoms with Crippen molar-refractivity contribution in [2.24, 2.45) is 17.8 Å². The third kappa shape index (κ3) is 4.86. The Morgan fingerprint density at radius 2 is 1.69 bits per heavy atom. The lowest BCUT2D eigenvalue weighted by Gasteiger charge is -2.30.